The number of nitrogens with zero attached hydrogens (tertiary/aromatic N) is 3. The van der Waals surface area contributed by atoms with Gasteiger partial charge in [-0.1, -0.05) is 17.7 Å². The predicted molar refractivity (Wildman–Crippen MR) is 127 cm³/mol. The SMILES string of the molecule is CC#CCOc1ccc(C(=O)Nc2csc([C@]34COC(C)(C)C[C@H]3CSC(N)=N4)n2)nc1. The van der Waals surface area contributed by atoms with E-state index in [1.54, 1.807) is 30.8 Å². The summed E-state index contributed by atoms with van der Waals surface area (Å²) in [5.74, 6) is 7.35. The number of aliphatic imine (C=N–C) groups is 1. The minimum absolute atomic E-state index is 0.213. The van der Waals surface area contributed by atoms with Crippen molar-refractivity contribution in [3.05, 3.63) is 34.4 Å². The number of rotatable bonds is 5. The van der Waals surface area contributed by atoms with E-state index in [2.05, 4.69) is 36.0 Å². The van der Waals surface area contributed by atoms with E-state index in [9.17, 15) is 4.79 Å². The molecule has 2 aliphatic rings. The Morgan fingerprint density at radius 1 is 1.44 bits per heavy atom. The van der Waals surface area contributed by atoms with Gasteiger partial charge in [0.25, 0.3) is 5.91 Å². The van der Waals surface area contributed by atoms with E-state index in [1.807, 2.05) is 5.38 Å². The zero-order chi connectivity index (χ0) is 22.8. The fourth-order valence-corrected chi connectivity index (χ4v) is 5.72. The average molecular weight is 472 g/mol. The number of hydrogen-bond acceptors (Lipinski definition) is 9. The van der Waals surface area contributed by atoms with E-state index < -0.39 is 5.54 Å². The first-order valence-corrected chi connectivity index (χ1v) is 12.1. The minimum Gasteiger partial charge on any atom is -0.479 e. The second-order valence-electron chi connectivity index (χ2n) is 8.22. The van der Waals surface area contributed by atoms with Gasteiger partial charge in [-0.3, -0.25) is 4.79 Å². The Morgan fingerprint density at radius 3 is 3.03 bits per heavy atom. The third-order valence-electron chi connectivity index (χ3n) is 5.41. The minimum atomic E-state index is -0.614. The van der Waals surface area contributed by atoms with Crippen molar-refractivity contribution in [2.24, 2.45) is 16.6 Å². The molecule has 4 rings (SSSR count). The van der Waals surface area contributed by atoms with Crippen LogP contribution >= 0.6 is 23.1 Å². The molecule has 2 aromatic heterocycles. The largest absolute Gasteiger partial charge is 0.479 e. The van der Waals surface area contributed by atoms with Crippen LogP contribution in [0.2, 0.25) is 0 Å². The second kappa shape index (κ2) is 9.10. The summed E-state index contributed by atoms with van der Waals surface area (Å²) in [4.78, 5) is 26.3. The molecule has 0 saturated carbocycles. The van der Waals surface area contributed by atoms with E-state index in [0.717, 1.165) is 17.2 Å². The van der Waals surface area contributed by atoms with Crippen LogP contribution in [-0.2, 0) is 10.3 Å². The lowest BCUT2D eigenvalue weighted by molar-refractivity contribution is -0.109. The van der Waals surface area contributed by atoms with Crippen LogP contribution in [0.1, 0.15) is 42.7 Å². The molecule has 1 amide bonds. The van der Waals surface area contributed by atoms with E-state index >= 15 is 0 Å². The highest BCUT2D eigenvalue weighted by Gasteiger charge is 2.52. The average Bonchev–Trinajstić information content (AvgIpc) is 3.23. The van der Waals surface area contributed by atoms with Crippen molar-refractivity contribution in [3.8, 4) is 17.6 Å². The van der Waals surface area contributed by atoms with Crippen molar-refractivity contribution in [2.45, 2.75) is 38.3 Å². The summed E-state index contributed by atoms with van der Waals surface area (Å²) >= 11 is 3.03. The molecule has 0 aromatic carbocycles. The number of nitrogens with two attached hydrogens (primary N) is 1. The number of amides is 1. The lowest BCUT2D eigenvalue weighted by atomic mass is 9.77. The van der Waals surface area contributed by atoms with Gasteiger partial charge in [0.2, 0.25) is 0 Å². The zero-order valence-electron chi connectivity index (χ0n) is 18.2. The lowest BCUT2D eigenvalue weighted by Gasteiger charge is -2.47. The number of ether oxygens (including phenoxy) is 2. The van der Waals surface area contributed by atoms with E-state index in [4.69, 9.17) is 25.2 Å². The van der Waals surface area contributed by atoms with Crippen LogP contribution in [0.5, 0.6) is 5.75 Å². The Kier molecular flexibility index (Phi) is 6.42. The molecule has 0 spiro atoms. The van der Waals surface area contributed by atoms with Crippen molar-refractivity contribution in [1.82, 2.24) is 9.97 Å². The first-order valence-electron chi connectivity index (χ1n) is 10.2. The summed E-state index contributed by atoms with van der Waals surface area (Å²) in [5.41, 5.74) is 5.52. The van der Waals surface area contributed by atoms with Crippen LogP contribution in [-0.4, -0.2) is 45.6 Å². The van der Waals surface area contributed by atoms with Crippen LogP contribution in [0.3, 0.4) is 0 Å². The van der Waals surface area contributed by atoms with Gasteiger partial charge in [-0.05, 0) is 39.3 Å². The van der Waals surface area contributed by atoms with E-state index in [-0.39, 0.29) is 29.7 Å². The Labute approximate surface area is 195 Å². The smallest absolute Gasteiger partial charge is 0.275 e. The standard InChI is InChI=1S/C22H25N5O3S2/c1-4-5-8-29-15-6-7-16(24-10-15)18(28)25-17-12-31-19(26-17)22-13-30-21(2,3)9-14(22)11-32-20(23)27-22/h6-7,10,12,14H,8-9,11,13H2,1-3H3,(H2,23,27)(H,25,28)/t14-,22-/m0/s1. The number of nitrogens with one attached hydrogen (secondary N) is 1. The number of thioether (sulfide) groups is 1. The van der Waals surface area contributed by atoms with Gasteiger partial charge in [0.05, 0.1) is 18.4 Å². The van der Waals surface area contributed by atoms with Crippen molar-refractivity contribution in [3.63, 3.8) is 0 Å². The Hall–Kier alpha value is -2.61. The summed E-state index contributed by atoms with van der Waals surface area (Å²) in [6.45, 7) is 6.63. The number of anilines is 1. The monoisotopic (exact) mass is 471 g/mol. The maximum Gasteiger partial charge on any atom is 0.275 e. The number of carbonyl (C=O) groups is 1. The summed E-state index contributed by atoms with van der Waals surface area (Å²) in [5, 5.41) is 5.97. The van der Waals surface area contributed by atoms with Gasteiger partial charge in [-0.25, -0.2) is 15.0 Å². The molecule has 0 aliphatic carbocycles. The molecule has 2 atom stereocenters. The normalized spacial score (nSPS) is 23.8. The molecule has 0 unspecified atom stereocenters. The van der Waals surface area contributed by atoms with Crippen LogP contribution in [0.25, 0.3) is 0 Å². The first-order chi connectivity index (χ1) is 15.3. The maximum absolute atomic E-state index is 12.6. The van der Waals surface area contributed by atoms with Crippen molar-refractivity contribution >= 4 is 40.0 Å². The predicted octanol–water partition coefficient (Wildman–Crippen LogP) is 3.26. The highest BCUT2D eigenvalue weighted by Crippen LogP contribution is 2.49. The Morgan fingerprint density at radius 2 is 2.28 bits per heavy atom. The summed E-state index contributed by atoms with van der Waals surface area (Å²) < 4.78 is 11.6. The Bertz CT molecular complexity index is 1090. The number of pyridine rings is 1. The third-order valence-corrected chi connectivity index (χ3v) is 7.38. The fourth-order valence-electron chi connectivity index (χ4n) is 3.77. The number of carbonyl (C=O) groups excluding carboxylic acids is 1. The van der Waals surface area contributed by atoms with Crippen LogP contribution in [0.15, 0.2) is 28.7 Å². The van der Waals surface area contributed by atoms with Gasteiger partial charge in [0.15, 0.2) is 5.17 Å². The summed E-state index contributed by atoms with van der Waals surface area (Å²) in [7, 11) is 0. The van der Waals surface area contributed by atoms with Gasteiger partial charge in [-0.15, -0.1) is 17.3 Å². The Balaban J connectivity index is 1.49. The van der Waals surface area contributed by atoms with Gasteiger partial charge < -0.3 is 20.5 Å². The molecule has 10 heteroatoms. The molecule has 168 valence electrons. The van der Waals surface area contributed by atoms with Crippen LogP contribution in [0, 0.1) is 17.8 Å². The lowest BCUT2D eigenvalue weighted by Crippen LogP contribution is -2.52. The quantitative estimate of drug-likeness (QED) is 0.644. The van der Waals surface area contributed by atoms with Crippen molar-refractivity contribution in [2.75, 3.05) is 24.3 Å². The van der Waals surface area contributed by atoms with Gasteiger partial charge in [-0.2, -0.15) is 0 Å². The van der Waals surface area contributed by atoms with Crippen LogP contribution in [0.4, 0.5) is 5.82 Å². The second-order valence-corrected chi connectivity index (χ2v) is 10.1. The van der Waals surface area contributed by atoms with Gasteiger partial charge in [0.1, 0.15) is 34.4 Å². The molecule has 0 radical (unpaired) electrons. The molecule has 3 N–H and O–H groups in total. The number of amidine groups is 1. The first kappa shape index (κ1) is 22.6. The van der Waals surface area contributed by atoms with Crippen LogP contribution < -0.4 is 15.8 Å². The molecule has 32 heavy (non-hydrogen) atoms. The summed E-state index contributed by atoms with van der Waals surface area (Å²) in [6.07, 6.45) is 2.36. The topological polar surface area (TPSA) is 112 Å². The zero-order valence-corrected chi connectivity index (χ0v) is 19.8. The number of aromatic nitrogens is 2. The van der Waals surface area contributed by atoms with E-state index in [1.165, 1.54) is 17.5 Å². The molecule has 2 aliphatic heterocycles. The van der Waals surface area contributed by atoms with Gasteiger partial charge >= 0.3 is 0 Å². The molecule has 1 saturated heterocycles. The summed E-state index contributed by atoms with van der Waals surface area (Å²) in [6, 6.07) is 3.29. The third kappa shape index (κ3) is 4.75. The molecular weight excluding hydrogens is 446 g/mol. The fraction of sp³-hybridized carbons (Fsp3) is 0.455. The maximum atomic E-state index is 12.6. The number of thiazole rings is 1. The molecule has 0 bridgehead atoms. The van der Waals surface area contributed by atoms with Crippen molar-refractivity contribution in [1.29, 1.82) is 0 Å². The molecule has 2 aromatic rings. The number of hydrogen-bond donors (Lipinski definition) is 2. The molecule has 1 fully saturated rings. The molecule has 8 nitrogen and oxygen atoms in total. The number of fused-ring (bicyclic) bond motifs is 1. The molecular formula is C22H25N5O3S2. The highest BCUT2D eigenvalue weighted by molar-refractivity contribution is 8.13. The van der Waals surface area contributed by atoms with Gasteiger partial charge in [0, 0.05) is 17.1 Å². The van der Waals surface area contributed by atoms with E-state index in [0.29, 0.717) is 23.3 Å². The van der Waals surface area contributed by atoms with Crippen molar-refractivity contribution < 1.29 is 14.3 Å². The highest BCUT2D eigenvalue weighted by atomic mass is 32.2. The molecule has 4 heterocycles.